The Kier molecular flexibility index (Phi) is 9.66. The van der Waals surface area contributed by atoms with Crippen molar-refractivity contribution in [3.8, 4) is 5.75 Å². The minimum Gasteiger partial charge on any atom is -0.493 e. The van der Waals surface area contributed by atoms with Crippen molar-refractivity contribution in [1.82, 2.24) is 9.88 Å². The third-order valence-electron chi connectivity index (χ3n) is 12.2. The van der Waals surface area contributed by atoms with Gasteiger partial charge >= 0.3 is 5.97 Å². The number of fused-ring (bicyclic) bond motifs is 3. The highest BCUT2D eigenvalue weighted by atomic mass is 35.5. The molecular weight excluding hydrogens is 634 g/mol. The highest BCUT2D eigenvalue weighted by molar-refractivity contribution is 6.30. The molecule has 1 spiro atoms. The minimum absolute atomic E-state index is 0.121. The molecule has 3 aromatic rings. The van der Waals surface area contributed by atoms with Gasteiger partial charge in [-0.2, -0.15) is 0 Å². The number of rotatable bonds is 9. The number of piperidine rings is 1. The average molecular weight is 684 g/mol. The maximum absolute atomic E-state index is 13.7. The number of likely N-dealkylation sites (tertiary alicyclic amines) is 1. The van der Waals surface area contributed by atoms with Crippen molar-refractivity contribution in [3.63, 3.8) is 0 Å². The molecule has 3 aliphatic carbocycles. The lowest BCUT2D eigenvalue weighted by Gasteiger charge is -2.47. The summed E-state index contributed by atoms with van der Waals surface area (Å²) in [6, 6.07) is 15.7. The first-order valence-corrected chi connectivity index (χ1v) is 18.9. The highest BCUT2D eigenvalue weighted by Crippen LogP contribution is 2.56. The first kappa shape index (κ1) is 33.9. The van der Waals surface area contributed by atoms with Gasteiger partial charge in [-0.3, -0.25) is 9.78 Å². The summed E-state index contributed by atoms with van der Waals surface area (Å²) in [5, 5.41) is 14.6. The van der Waals surface area contributed by atoms with E-state index >= 15 is 0 Å². The van der Waals surface area contributed by atoms with E-state index in [-0.39, 0.29) is 11.3 Å². The topological polar surface area (TPSA) is 91.8 Å². The molecule has 7 nitrogen and oxygen atoms in total. The van der Waals surface area contributed by atoms with Crippen molar-refractivity contribution in [2.75, 3.05) is 25.0 Å². The molecule has 7 rings (SSSR count). The molecule has 2 N–H and O–H groups in total. The Hall–Kier alpha value is -3.58. The normalized spacial score (nSPS) is 26.9. The number of pyridine rings is 1. The van der Waals surface area contributed by atoms with Gasteiger partial charge in [-0.05, 0) is 148 Å². The molecule has 1 saturated heterocycles. The summed E-state index contributed by atoms with van der Waals surface area (Å²) in [7, 11) is 0. The summed E-state index contributed by atoms with van der Waals surface area (Å²) in [5.41, 5.74) is 5.21. The van der Waals surface area contributed by atoms with E-state index in [4.69, 9.17) is 16.3 Å². The van der Waals surface area contributed by atoms with E-state index in [0.717, 1.165) is 75.0 Å². The molecule has 1 unspecified atom stereocenters. The van der Waals surface area contributed by atoms with Gasteiger partial charge in [0.05, 0.1) is 6.61 Å². The largest absolute Gasteiger partial charge is 0.493 e. The van der Waals surface area contributed by atoms with Gasteiger partial charge in [0.2, 0.25) is 0 Å². The number of hydrogen-bond acceptors (Lipinski definition) is 5. The predicted molar refractivity (Wildman–Crippen MR) is 194 cm³/mol. The van der Waals surface area contributed by atoms with Crippen molar-refractivity contribution in [1.29, 1.82) is 0 Å². The molecule has 2 aromatic carbocycles. The van der Waals surface area contributed by atoms with Crippen molar-refractivity contribution >= 4 is 29.2 Å². The van der Waals surface area contributed by atoms with E-state index < -0.39 is 11.5 Å². The van der Waals surface area contributed by atoms with Crippen LogP contribution in [0.5, 0.6) is 5.75 Å². The lowest BCUT2D eigenvalue weighted by molar-refractivity contribution is -0.144. The summed E-state index contributed by atoms with van der Waals surface area (Å²) >= 11 is 6.28. The van der Waals surface area contributed by atoms with Crippen LogP contribution in [-0.2, 0) is 23.1 Å². The summed E-state index contributed by atoms with van der Waals surface area (Å²) in [5.74, 6) is 1.34. The summed E-state index contributed by atoms with van der Waals surface area (Å²) in [4.78, 5) is 33.3. The van der Waals surface area contributed by atoms with Crippen molar-refractivity contribution in [2.45, 2.75) is 108 Å². The number of benzene rings is 2. The molecule has 1 amide bonds. The third kappa shape index (κ3) is 6.68. The molecule has 0 radical (unpaired) electrons. The van der Waals surface area contributed by atoms with Gasteiger partial charge in [0.15, 0.2) is 0 Å². The number of anilines is 1. The summed E-state index contributed by atoms with van der Waals surface area (Å²) in [6.45, 7) is 6.82. The maximum Gasteiger partial charge on any atom is 0.329 e. The van der Waals surface area contributed by atoms with Crippen molar-refractivity contribution in [2.24, 2.45) is 11.8 Å². The highest BCUT2D eigenvalue weighted by Gasteiger charge is 2.54. The van der Waals surface area contributed by atoms with Crippen LogP contribution in [-0.4, -0.2) is 52.1 Å². The number of nitrogens with one attached hydrogen (secondary N) is 1. The van der Waals surface area contributed by atoms with Gasteiger partial charge in [-0.1, -0.05) is 37.6 Å². The van der Waals surface area contributed by atoms with Gasteiger partial charge in [0, 0.05) is 46.8 Å². The second-order valence-electron chi connectivity index (χ2n) is 15.4. The number of carbonyl (C=O) groups excluding carboxylic acids is 1. The molecule has 4 aliphatic rings. The van der Waals surface area contributed by atoms with Crippen LogP contribution in [0.2, 0.25) is 5.02 Å². The smallest absolute Gasteiger partial charge is 0.329 e. The number of hydrogen-bond donors (Lipinski definition) is 2. The monoisotopic (exact) mass is 683 g/mol. The number of aryl methyl sites for hydroxylation is 1. The first-order chi connectivity index (χ1) is 23.7. The van der Waals surface area contributed by atoms with Crippen LogP contribution in [0.15, 0.2) is 54.7 Å². The molecule has 3 atom stereocenters. The zero-order valence-electron chi connectivity index (χ0n) is 29.0. The number of carbonyl (C=O) groups is 2. The fraction of sp³-hybridized carbons (Fsp3) is 0.537. The molecule has 260 valence electrons. The van der Waals surface area contributed by atoms with Gasteiger partial charge in [-0.15, -0.1) is 0 Å². The van der Waals surface area contributed by atoms with Crippen LogP contribution in [0.3, 0.4) is 0 Å². The number of nitrogens with zero attached hydrogens (tertiary/aromatic N) is 2. The van der Waals surface area contributed by atoms with Crippen molar-refractivity contribution in [3.05, 3.63) is 87.7 Å². The van der Waals surface area contributed by atoms with E-state index in [0.29, 0.717) is 42.2 Å². The van der Waals surface area contributed by atoms with E-state index in [1.54, 1.807) is 12.1 Å². The van der Waals surface area contributed by atoms with E-state index in [9.17, 15) is 14.7 Å². The van der Waals surface area contributed by atoms with E-state index in [1.807, 2.05) is 35.4 Å². The number of halogens is 1. The number of aliphatic carboxylic acids is 1. The summed E-state index contributed by atoms with van der Waals surface area (Å²) in [6.07, 6.45) is 12.9. The maximum atomic E-state index is 13.7. The van der Waals surface area contributed by atoms with E-state index in [1.165, 1.54) is 41.6 Å². The lowest BCUT2D eigenvalue weighted by atomic mass is 9.59. The van der Waals surface area contributed by atoms with Gasteiger partial charge < -0.3 is 20.1 Å². The Labute approximate surface area is 295 Å². The molecule has 1 saturated carbocycles. The van der Waals surface area contributed by atoms with Gasteiger partial charge in [0.25, 0.3) is 5.91 Å². The van der Waals surface area contributed by atoms with Crippen LogP contribution in [0.1, 0.15) is 117 Å². The zero-order chi connectivity index (χ0) is 34.2. The molecule has 2 heterocycles. The fourth-order valence-electron chi connectivity index (χ4n) is 9.51. The number of carboxylic acids is 1. The zero-order valence-corrected chi connectivity index (χ0v) is 29.7. The quantitative estimate of drug-likeness (QED) is 0.234. The minimum atomic E-state index is -1.09. The number of carboxylic acid groups (broad SMARTS) is 1. The number of aromatic nitrogens is 1. The molecular formula is C41H50ClN3O4. The van der Waals surface area contributed by atoms with Crippen LogP contribution >= 0.6 is 11.6 Å². The lowest BCUT2D eigenvalue weighted by Crippen LogP contribution is -2.53. The second kappa shape index (κ2) is 14.0. The first-order valence-electron chi connectivity index (χ1n) is 18.5. The predicted octanol–water partition coefficient (Wildman–Crippen LogP) is 8.83. The van der Waals surface area contributed by atoms with Crippen LogP contribution in [0.25, 0.3) is 0 Å². The van der Waals surface area contributed by atoms with Gasteiger partial charge in [-0.25, -0.2) is 4.79 Å². The number of ether oxygens (including phenoxy) is 1. The SMILES string of the molecule is C[C@@H](COc1ccnc2c1[C@H](C)CCC2)CC1Cc2ccc(C(=O)N3CCCCC3)cc2C12CCC(Nc1cccc(Cl)c1)(C(=O)O)CC2. The van der Waals surface area contributed by atoms with Crippen LogP contribution in [0.4, 0.5) is 5.69 Å². The van der Waals surface area contributed by atoms with Crippen LogP contribution < -0.4 is 10.1 Å². The molecule has 8 heteroatoms. The molecule has 1 aliphatic heterocycles. The van der Waals surface area contributed by atoms with E-state index in [2.05, 4.69) is 36.3 Å². The fourth-order valence-corrected chi connectivity index (χ4v) is 9.70. The summed E-state index contributed by atoms with van der Waals surface area (Å²) < 4.78 is 6.57. The van der Waals surface area contributed by atoms with Crippen LogP contribution in [0, 0.1) is 11.8 Å². The average Bonchev–Trinajstić information content (AvgIpc) is 3.39. The third-order valence-corrected chi connectivity index (χ3v) is 12.4. The molecule has 0 bridgehead atoms. The Balaban J connectivity index is 1.15. The standard InChI is InChI=1S/C41H50ClN3O4/c1-27(26-49-36-14-19-43-35-11-6-8-28(2)37(35)36)22-31-23-29-12-13-30(38(46)45-20-4-3-5-21-45)24-34(29)40(31)15-17-41(18-16-40,39(47)48)44-33-10-7-9-32(42)25-33/h7,9-10,12-14,19,24-25,27-28,31,44H,3-6,8,11,15-18,20-23,26H2,1-2H3,(H,47,48)/t27-,28-,31?,40?,41?/m1/s1. The van der Waals surface area contributed by atoms with Gasteiger partial charge in [0.1, 0.15) is 11.3 Å². The molecule has 1 aromatic heterocycles. The van der Waals surface area contributed by atoms with Crippen molar-refractivity contribution < 1.29 is 19.4 Å². The Morgan fingerprint density at radius 2 is 1.86 bits per heavy atom. The number of amides is 1. The Morgan fingerprint density at radius 1 is 1.06 bits per heavy atom. The molecule has 49 heavy (non-hydrogen) atoms. The Morgan fingerprint density at radius 3 is 2.61 bits per heavy atom. The molecule has 2 fully saturated rings. The Bertz CT molecular complexity index is 1690. The second-order valence-corrected chi connectivity index (χ2v) is 15.9.